The summed E-state index contributed by atoms with van der Waals surface area (Å²) in [6.07, 6.45) is 0.0658. The topological polar surface area (TPSA) is 58.6 Å². The normalized spacial score (nSPS) is 18.5. The SMILES string of the molecule is CC(C)(C)OC(=O)NCc1cccc(N2CC(Br)CC2=O)c1. The van der Waals surface area contributed by atoms with Crippen molar-refractivity contribution in [3.05, 3.63) is 29.8 Å². The number of carbonyl (C=O) groups excluding carboxylic acids is 2. The number of alkyl halides is 1. The smallest absolute Gasteiger partial charge is 0.407 e. The molecular weight excluding hydrogens is 348 g/mol. The molecule has 1 unspecified atom stereocenters. The number of hydrogen-bond acceptors (Lipinski definition) is 3. The molecule has 0 saturated carbocycles. The fraction of sp³-hybridized carbons (Fsp3) is 0.500. The number of alkyl carbamates (subject to hydrolysis) is 1. The molecule has 120 valence electrons. The van der Waals surface area contributed by atoms with Gasteiger partial charge in [0.2, 0.25) is 5.91 Å². The Labute approximate surface area is 139 Å². The van der Waals surface area contributed by atoms with Gasteiger partial charge in [0.05, 0.1) is 0 Å². The van der Waals surface area contributed by atoms with Gasteiger partial charge in [0.1, 0.15) is 5.60 Å². The van der Waals surface area contributed by atoms with Crippen LogP contribution in [0.3, 0.4) is 0 Å². The molecule has 0 spiro atoms. The van der Waals surface area contributed by atoms with Crippen LogP contribution in [0.5, 0.6) is 0 Å². The summed E-state index contributed by atoms with van der Waals surface area (Å²) in [5.74, 6) is 0.110. The van der Waals surface area contributed by atoms with E-state index in [1.807, 2.05) is 45.0 Å². The zero-order valence-electron chi connectivity index (χ0n) is 13.1. The molecule has 1 aromatic carbocycles. The van der Waals surface area contributed by atoms with Crippen molar-refractivity contribution in [3.8, 4) is 0 Å². The molecular formula is C16H21BrN2O3. The van der Waals surface area contributed by atoms with Crippen LogP contribution in [0.25, 0.3) is 0 Å². The molecule has 2 rings (SSSR count). The maximum Gasteiger partial charge on any atom is 0.407 e. The average Bonchev–Trinajstić information content (AvgIpc) is 2.74. The minimum Gasteiger partial charge on any atom is -0.444 e. The number of nitrogens with zero attached hydrogens (tertiary/aromatic N) is 1. The average molecular weight is 369 g/mol. The van der Waals surface area contributed by atoms with Gasteiger partial charge in [-0.1, -0.05) is 28.1 Å². The first kappa shape index (κ1) is 16.8. The van der Waals surface area contributed by atoms with Crippen LogP contribution in [-0.2, 0) is 16.1 Å². The van der Waals surface area contributed by atoms with Crippen molar-refractivity contribution in [2.45, 2.75) is 44.2 Å². The zero-order valence-corrected chi connectivity index (χ0v) is 14.6. The zero-order chi connectivity index (χ0) is 16.3. The van der Waals surface area contributed by atoms with Crippen molar-refractivity contribution in [2.75, 3.05) is 11.4 Å². The Bertz CT molecular complexity index is 569. The fourth-order valence-electron chi connectivity index (χ4n) is 2.24. The van der Waals surface area contributed by atoms with E-state index < -0.39 is 11.7 Å². The first-order chi connectivity index (χ1) is 10.2. The van der Waals surface area contributed by atoms with Gasteiger partial charge in [-0.05, 0) is 38.5 Å². The lowest BCUT2D eigenvalue weighted by Crippen LogP contribution is -2.32. The van der Waals surface area contributed by atoms with Crippen molar-refractivity contribution in [1.29, 1.82) is 0 Å². The van der Waals surface area contributed by atoms with Crippen LogP contribution in [0.15, 0.2) is 24.3 Å². The molecule has 5 nitrogen and oxygen atoms in total. The van der Waals surface area contributed by atoms with Crippen LogP contribution in [0, 0.1) is 0 Å². The Balaban J connectivity index is 1.97. The summed E-state index contributed by atoms with van der Waals surface area (Å²) >= 11 is 3.48. The summed E-state index contributed by atoms with van der Waals surface area (Å²) in [4.78, 5) is 25.5. The molecule has 1 saturated heterocycles. The van der Waals surface area contributed by atoms with E-state index in [0.717, 1.165) is 11.3 Å². The molecule has 0 radical (unpaired) electrons. The predicted octanol–water partition coefficient (Wildman–Crippen LogP) is 3.21. The lowest BCUT2D eigenvalue weighted by atomic mass is 10.2. The van der Waals surface area contributed by atoms with Gasteiger partial charge in [-0.25, -0.2) is 4.79 Å². The van der Waals surface area contributed by atoms with Crippen LogP contribution in [0.4, 0.5) is 10.5 Å². The first-order valence-corrected chi connectivity index (χ1v) is 8.16. The Morgan fingerprint density at radius 2 is 2.18 bits per heavy atom. The lowest BCUT2D eigenvalue weighted by Gasteiger charge is -2.20. The van der Waals surface area contributed by atoms with Crippen LogP contribution >= 0.6 is 15.9 Å². The van der Waals surface area contributed by atoms with Crippen molar-refractivity contribution in [3.63, 3.8) is 0 Å². The van der Waals surface area contributed by atoms with Gasteiger partial charge in [0.15, 0.2) is 0 Å². The first-order valence-electron chi connectivity index (χ1n) is 7.25. The third kappa shape index (κ3) is 4.73. The van der Waals surface area contributed by atoms with Crippen LogP contribution < -0.4 is 10.2 Å². The summed E-state index contributed by atoms with van der Waals surface area (Å²) in [6, 6.07) is 7.61. The fourth-order valence-corrected chi connectivity index (χ4v) is 2.80. The maximum absolute atomic E-state index is 11.9. The highest BCUT2D eigenvalue weighted by atomic mass is 79.9. The van der Waals surface area contributed by atoms with E-state index in [9.17, 15) is 9.59 Å². The highest BCUT2D eigenvalue weighted by molar-refractivity contribution is 9.09. The van der Waals surface area contributed by atoms with E-state index in [4.69, 9.17) is 4.74 Å². The standard InChI is InChI=1S/C16H21BrN2O3/c1-16(2,3)22-15(21)18-9-11-5-4-6-13(7-11)19-10-12(17)8-14(19)20/h4-7,12H,8-10H2,1-3H3,(H,18,21). The quantitative estimate of drug-likeness (QED) is 0.833. The minimum absolute atomic E-state index is 0.110. The molecule has 0 aromatic heterocycles. The maximum atomic E-state index is 11.9. The highest BCUT2D eigenvalue weighted by Gasteiger charge is 2.28. The van der Waals surface area contributed by atoms with Crippen molar-refractivity contribution in [2.24, 2.45) is 0 Å². The van der Waals surface area contributed by atoms with E-state index in [1.54, 1.807) is 4.90 Å². The second-order valence-corrected chi connectivity index (χ2v) is 7.63. The minimum atomic E-state index is -0.515. The Kier molecular flexibility index (Phi) is 5.11. The molecule has 0 aliphatic carbocycles. The van der Waals surface area contributed by atoms with Gasteiger partial charge in [0.25, 0.3) is 0 Å². The van der Waals surface area contributed by atoms with Crippen molar-refractivity contribution in [1.82, 2.24) is 5.32 Å². The van der Waals surface area contributed by atoms with E-state index in [2.05, 4.69) is 21.2 Å². The van der Waals surface area contributed by atoms with Gasteiger partial charge < -0.3 is 15.0 Å². The summed E-state index contributed by atoms with van der Waals surface area (Å²) in [6.45, 7) is 6.50. The molecule has 1 aliphatic heterocycles. The van der Waals surface area contributed by atoms with Gasteiger partial charge in [-0.15, -0.1) is 0 Å². The predicted molar refractivity (Wildman–Crippen MR) is 89.2 cm³/mol. The summed E-state index contributed by atoms with van der Waals surface area (Å²) < 4.78 is 5.20. The number of carbonyl (C=O) groups is 2. The molecule has 1 aliphatic rings. The Hall–Kier alpha value is -1.56. The van der Waals surface area contributed by atoms with Crippen LogP contribution in [0.2, 0.25) is 0 Å². The van der Waals surface area contributed by atoms with E-state index in [1.165, 1.54) is 0 Å². The third-order valence-electron chi connectivity index (χ3n) is 3.14. The van der Waals surface area contributed by atoms with Crippen molar-refractivity contribution < 1.29 is 14.3 Å². The number of halogens is 1. The molecule has 1 atom stereocenters. The Morgan fingerprint density at radius 3 is 2.77 bits per heavy atom. The largest absolute Gasteiger partial charge is 0.444 e. The summed E-state index contributed by atoms with van der Waals surface area (Å²) in [5.41, 5.74) is 1.27. The van der Waals surface area contributed by atoms with Crippen LogP contribution in [0.1, 0.15) is 32.8 Å². The molecule has 1 heterocycles. The van der Waals surface area contributed by atoms with Gasteiger partial charge in [-0.2, -0.15) is 0 Å². The molecule has 1 fully saturated rings. The monoisotopic (exact) mass is 368 g/mol. The van der Waals surface area contributed by atoms with Gasteiger partial charge in [-0.3, -0.25) is 4.79 Å². The van der Waals surface area contributed by atoms with Gasteiger partial charge >= 0.3 is 6.09 Å². The number of anilines is 1. The molecule has 22 heavy (non-hydrogen) atoms. The second-order valence-electron chi connectivity index (χ2n) is 6.33. The third-order valence-corrected chi connectivity index (χ3v) is 3.75. The Morgan fingerprint density at radius 1 is 1.45 bits per heavy atom. The number of benzene rings is 1. The molecule has 1 N–H and O–H groups in total. The van der Waals surface area contributed by atoms with E-state index >= 15 is 0 Å². The summed E-state index contributed by atoms with van der Waals surface area (Å²) in [5, 5.41) is 2.72. The van der Waals surface area contributed by atoms with E-state index in [0.29, 0.717) is 19.5 Å². The molecule has 0 bridgehead atoms. The van der Waals surface area contributed by atoms with E-state index in [-0.39, 0.29) is 10.7 Å². The van der Waals surface area contributed by atoms with Gasteiger partial charge in [0, 0.05) is 30.0 Å². The number of ether oxygens (including phenoxy) is 1. The molecule has 1 aromatic rings. The van der Waals surface area contributed by atoms with Crippen molar-refractivity contribution >= 4 is 33.6 Å². The molecule has 6 heteroatoms. The second kappa shape index (κ2) is 6.69. The molecule has 2 amide bonds. The highest BCUT2D eigenvalue weighted by Crippen LogP contribution is 2.25. The summed E-state index contributed by atoms with van der Waals surface area (Å²) in [7, 11) is 0. The number of rotatable bonds is 3. The number of amides is 2. The number of nitrogens with one attached hydrogen (secondary N) is 1. The van der Waals surface area contributed by atoms with Crippen LogP contribution in [-0.4, -0.2) is 29.0 Å². The lowest BCUT2D eigenvalue weighted by molar-refractivity contribution is -0.117. The number of hydrogen-bond donors (Lipinski definition) is 1.